The second-order valence-electron chi connectivity index (χ2n) is 10.1. The molecule has 0 saturated heterocycles. The first-order chi connectivity index (χ1) is 17.8. The van der Waals surface area contributed by atoms with Gasteiger partial charge in [0.2, 0.25) is 5.91 Å². The fourth-order valence-electron chi connectivity index (χ4n) is 4.26. The largest absolute Gasteiger partial charge is 0.472 e. The molecule has 0 fully saturated rings. The van der Waals surface area contributed by atoms with E-state index < -0.39 is 0 Å². The molecule has 0 saturated carbocycles. The average Bonchev–Trinajstić information content (AvgIpc) is 3.61. The zero-order chi connectivity index (χ0) is 25.6. The van der Waals surface area contributed by atoms with Crippen molar-refractivity contribution in [1.29, 1.82) is 0 Å². The van der Waals surface area contributed by atoms with Gasteiger partial charge in [0.05, 0.1) is 53.5 Å². The standard InChI is InChI=1S/C27H24N8O2/c1-27(2,3)8-23(36)31-17-6-16(9-28-10-17)20-7-18-21(13-30-20)34-35-25(18)26-32-22-12-29-11-19(24(22)33-26)15-4-5-37-14-15/h4-7,9-14H,8H2,1-3H3,(H,31,36)(H,32,33)(H,34,35). The minimum atomic E-state index is -0.106. The number of aromatic amines is 2. The van der Waals surface area contributed by atoms with Crippen LogP contribution in [0, 0.1) is 5.41 Å². The molecule has 184 valence electrons. The summed E-state index contributed by atoms with van der Waals surface area (Å²) in [5, 5.41) is 11.3. The van der Waals surface area contributed by atoms with Crippen molar-refractivity contribution in [3.05, 3.63) is 61.7 Å². The molecule has 10 heteroatoms. The second kappa shape index (κ2) is 8.66. The zero-order valence-electron chi connectivity index (χ0n) is 20.5. The normalized spacial score (nSPS) is 11.9. The van der Waals surface area contributed by atoms with E-state index in [4.69, 9.17) is 9.40 Å². The highest BCUT2D eigenvalue weighted by Crippen LogP contribution is 2.32. The van der Waals surface area contributed by atoms with Crippen LogP contribution < -0.4 is 5.32 Å². The van der Waals surface area contributed by atoms with Crippen LogP contribution in [0.5, 0.6) is 0 Å². The van der Waals surface area contributed by atoms with Crippen LogP contribution >= 0.6 is 0 Å². The molecule has 0 unspecified atom stereocenters. The van der Waals surface area contributed by atoms with E-state index in [1.165, 1.54) is 0 Å². The van der Waals surface area contributed by atoms with Crippen LogP contribution in [0.15, 0.2) is 66.1 Å². The van der Waals surface area contributed by atoms with E-state index in [0.29, 0.717) is 29.3 Å². The molecule has 0 radical (unpaired) electrons. The average molecular weight is 493 g/mol. The first kappa shape index (κ1) is 22.6. The van der Waals surface area contributed by atoms with Crippen LogP contribution in [-0.2, 0) is 4.79 Å². The number of carbonyl (C=O) groups excluding carboxylic acids is 1. The topological polar surface area (TPSA) is 138 Å². The molecular weight excluding hydrogens is 468 g/mol. The van der Waals surface area contributed by atoms with Gasteiger partial charge in [0.1, 0.15) is 11.2 Å². The summed E-state index contributed by atoms with van der Waals surface area (Å²) in [7, 11) is 0. The maximum absolute atomic E-state index is 12.4. The van der Waals surface area contributed by atoms with Crippen molar-refractivity contribution in [3.63, 3.8) is 0 Å². The van der Waals surface area contributed by atoms with Gasteiger partial charge in [-0.1, -0.05) is 20.8 Å². The number of carbonyl (C=O) groups is 1. The van der Waals surface area contributed by atoms with E-state index in [2.05, 4.69) is 35.5 Å². The maximum Gasteiger partial charge on any atom is 0.224 e. The minimum absolute atomic E-state index is 0.0545. The zero-order valence-corrected chi connectivity index (χ0v) is 20.5. The molecule has 6 heterocycles. The summed E-state index contributed by atoms with van der Waals surface area (Å²) in [6, 6.07) is 5.68. The Morgan fingerprint density at radius 2 is 1.89 bits per heavy atom. The Balaban J connectivity index is 1.36. The van der Waals surface area contributed by atoms with E-state index in [9.17, 15) is 4.79 Å². The number of fused-ring (bicyclic) bond motifs is 2. The Hall–Kier alpha value is -4.86. The number of rotatable bonds is 5. The quantitative estimate of drug-likeness (QED) is 0.285. The highest BCUT2D eigenvalue weighted by molar-refractivity contribution is 5.97. The van der Waals surface area contributed by atoms with Gasteiger partial charge in [-0.25, -0.2) is 4.98 Å². The first-order valence-corrected chi connectivity index (χ1v) is 11.8. The number of furan rings is 1. The molecule has 6 aromatic rings. The number of hydrogen-bond acceptors (Lipinski definition) is 7. The molecule has 3 N–H and O–H groups in total. The summed E-state index contributed by atoms with van der Waals surface area (Å²) < 4.78 is 5.24. The lowest BCUT2D eigenvalue weighted by molar-refractivity contribution is -0.117. The molecular formula is C27H24N8O2. The fraction of sp³-hybridized carbons (Fsp3) is 0.185. The number of imidazole rings is 1. The molecule has 10 nitrogen and oxygen atoms in total. The minimum Gasteiger partial charge on any atom is -0.472 e. The molecule has 0 aromatic carbocycles. The number of aromatic nitrogens is 7. The first-order valence-electron chi connectivity index (χ1n) is 11.8. The lowest BCUT2D eigenvalue weighted by atomic mass is 9.92. The molecule has 0 atom stereocenters. The molecule has 0 aliphatic carbocycles. The molecule has 0 aliphatic heterocycles. The Labute approximate surface area is 211 Å². The molecule has 0 spiro atoms. The molecule has 0 aliphatic rings. The van der Waals surface area contributed by atoms with Gasteiger partial charge in [-0.2, -0.15) is 5.10 Å². The predicted octanol–water partition coefficient (Wildman–Crippen LogP) is 5.59. The van der Waals surface area contributed by atoms with Gasteiger partial charge in [0.15, 0.2) is 5.82 Å². The lowest BCUT2D eigenvalue weighted by Crippen LogP contribution is -2.19. The van der Waals surface area contributed by atoms with E-state index in [0.717, 1.165) is 38.6 Å². The van der Waals surface area contributed by atoms with E-state index in [-0.39, 0.29) is 11.3 Å². The molecule has 6 rings (SSSR count). The van der Waals surface area contributed by atoms with Crippen molar-refractivity contribution in [1.82, 2.24) is 35.1 Å². The summed E-state index contributed by atoms with van der Waals surface area (Å²) in [6.07, 6.45) is 12.3. The van der Waals surface area contributed by atoms with Gasteiger partial charge in [0, 0.05) is 40.9 Å². The second-order valence-corrected chi connectivity index (χ2v) is 10.1. The van der Waals surface area contributed by atoms with Crippen molar-refractivity contribution in [2.75, 3.05) is 5.32 Å². The summed E-state index contributed by atoms with van der Waals surface area (Å²) >= 11 is 0. The number of hydrogen-bond donors (Lipinski definition) is 3. The lowest BCUT2D eigenvalue weighted by Gasteiger charge is -2.17. The van der Waals surface area contributed by atoms with Gasteiger partial charge in [-0.05, 0) is 23.6 Å². The predicted molar refractivity (Wildman–Crippen MR) is 140 cm³/mol. The van der Waals surface area contributed by atoms with Crippen LogP contribution in [-0.4, -0.2) is 41.0 Å². The maximum atomic E-state index is 12.4. The number of H-pyrrole nitrogens is 2. The Morgan fingerprint density at radius 3 is 2.70 bits per heavy atom. The van der Waals surface area contributed by atoms with Crippen molar-refractivity contribution in [2.45, 2.75) is 27.2 Å². The number of nitrogens with one attached hydrogen (secondary N) is 3. The van der Waals surface area contributed by atoms with E-state index >= 15 is 0 Å². The van der Waals surface area contributed by atoms with Gasteiger partial charge < -0.3 is 14.7 Å². The third kappa shape index (κ3) is 4.44. The fourth-order valence-corrected chi connectivity index (χ4v) is 4.26. The SMILES string of the molecule is CC(C)(C)CC(=O)Nc1cncc(-c2cc3c(-c4nc5c(-c6ccoc6)cncc5[nH]4)n[nH]c3cn2)c1. The van der Waals surface area contributed by atoms with E-state index in [1.54, 1.807) is 43.5 Å². The van der Waals surface area contributed by atoms with Gasteiger partial charge >= 0.3 is 0 Å². The van der Waals surface area contributed by atoms with E-state index in [1.807, 2.05) is 39.0 Å². The number of amides is 1. The number of anilines is 1. The highest BCUT2D eigenvalue weighted by Gasteiger charge is 2.18. The van der Waals surface area contributed by atoms with Crippen LogP contribution in [0.2, 0.25) is 0 Å². The Bertz CT molecular complexity index is 1740. The molecule has 0 bridgehead atoms. The van der Waals surface area contributed by atoms with Gasteiger partial charge in [0.25, 0.3) is 0 Å². The van der Waals surface area contributed by atoms with Crippen LogP contribution in [0.4, 0.5) is 5.69 Å². The molecule has 6 aromatic heterocycles. The third-order valence-electron chi connectivity index (χ3n) is 5.91. The summed E-state index contributed by atoms with van der Waals surface area (Å²) in [5.41, 5.74) is 6.77. The highest BCUT2D eigenvalue weighted by atomic mass is 16.3. The third-order valence-corrected chi connectivity index (χ3v) is 5.91. The summed E-state index contributed by atoms with van der Waals surface area (Å²) in [6.45, 7) is 6.08. The van der Waals surface area contributed by atoms with Crippen LogP contribution in [0.1, 0.15) is 27.2 Å². The summed E-state index contributed by atoms with van der Waals surface area (Å²) in [5.74, 6) is 0.554. The monoisotopic (exact) mass is 492 g/mol. The Kier molecular flexibility index (Phi) is 5.29. The van der Waals surface area contributed by atoms with Crippen LogP contribution in [0.3, 0.4) is 0 Å². The van der Waals surface area contributed by atoms with Crippen molar-refractivity contribution >= 4 is 33.5 Å². The molecule has 1 amide bonds. The van der Waals surface area contributed by atoms with Crippen molar-refractivity contribution in [2.24, 2.45) is 5.41 Å². The van der Waals surface area contributed by atoms with Gasteiger partial charge in [-0.15, -0.1) is 0 Å². The van der Waals surface area contributed by atoms with Crippen molar-refractivity contribution < 1.29 is 9.21 Å². The Morgan fingerprint density at radius 1 is 1.03 bits per heavy atom. The summed E-state index contributed by atoms with van der Waals surface area (Å²) in [4.78, 5) is 33.8. The van der Waals surface area contributed by atoms with Crippen molar-refractivity contribution in [3.8, 4) is 33.9 Å². The van der Waals surface area contributed by atoms with Crippen LogP contribution in [0.25, 0.3) is 55.8 Å². The van der Waals surface area contributed by atoms with Gasteiger partial charge in [-0.3, -0.25) is 24.8 Å². The molecule has 37 heavy (non-hydrogen) atoms. The number of pyridine rings is 3. The number of nitrogens with zero attached hydrogens (tertiary/aromatic N) is 5. The smallest absolute Gasteiger partial charge is 0.224 e.